The van der Waals surface area contributed by atoms with Crippen molar-refractivity contribution in [2.45, 2.75) is 37.6 Å². The van der Waals surface area contributed by atoms with E-state index in [1.807, 2.05) is 91.0 Å². The van der Waals surface area contributed by atoms with Crippen LogP contribution in [0.4, 0.5) is 0 Å². The highest BCUT2D eigenvalue weighted by molar-refractivity contribution is 5.81. The van der Waals surface area contributed by atoms with Crippen LogP contribution < -0.4 is 0 Å². The summed E-state index contributed by atoms with van der Waals surface area (Å²) in [6.07, 6.45) is 1.47. The number of carbonyl (C=O) groups excluding carboxylic acids is 1. The van der Waals surface area contributed by atoms with Crippen LogP contribution in [-0.2, 0) is 37.0 Å². The van der Waals surface area contributed by atoms with Gasteiger partial charge in [0.25, 0.3) is 0 Å². The van der Waals surface area contributed by atoms with Crippen molar-refractivity contribution in [3.8, 4) is 0 Å². The summed E-state index contributed by atoms with van der Waals surface area (Å²) in [7, 11) is 1.35. The van der Waals surface area contributed by atoms with Crippen molar-refractivity contribution >= 4 is 5.97 Å². The Balaban J connectivity index is 1.60. The summed E-state index contributed by atoms with van der Waals surface area (Å²) in [6.45, 7) is 0.834. The summed E-state index contributed by atoms with van der Waals surface area (Å²) in [6, 6.07) is 29.9. The lowest BCUT2D eigenvalue weighted by Crippen LogP contribution is -2.35. The molecule has 3 aromatic rings. The number of methoxy groups -OCH3 is 1. The monoisotopic (exact) mass is 444 g/mol. The average molecular weight is 445 g/mol. The molecule has 4 atom stereocenters. The van der Waals surface area contributed by atoms with Gasteiger partial charge in [0.1, 0.15) is 24.4 Å². The number of benzene rings is 3. The van der Waals surface area contributed by atoms with E-state index in [0.29, 0.717) is 13.2 Å². The molecule has 0 N–H and O–H groups in total. The Bertz CT molecular complexity index is 1020. The average Bonchev–Trinajstić information content (AvgIpc) is 3.23. The second-order valence-electron chi connectivity index (χ2n) is 7.84. The first kappa shape index (κ1) is 22.9. The number of esters is 1. The largest absolute Gasteiger partial charge is 0.466 e. The normalized spacial score (nSPS) is 22.5. The van der Waals surface area contributed by atoms with Crippen molar-refractivity contribution in [3.05, 3.63) is 120 Å². The van der Waals surface area contributed by atoms with E-state index in [0.717, 1.165) is 16.7 Å². The second kappa shape index (κ2) is 11.6. The Morgan fingerprint density at radius 2 is 1.30 bits per heavy atom. The molecule has 1 heterocycles. The minimum absolute atomic E-state index is 0.344. The third-order valence-corrected chi connectivity index (χ3v) is 5.57. The SMILES string of the molecule is COC(=O)/C=C/[C@H]1O[C@@H](c2ccccc2)[C@H](OCc2ccccc2)[C@H]1OCc1ccccc1. The molecule has 1 saturated heterocycles. The molecule has 0 amide bonds. The molecule has 5 heteroatoms. The van der Waals surface area contributed by atoms with Crippen LogP contribution in [-0.4, -0.2) is 31.4 Å². The molecule has 33 heavy (non-hydrogen) atoms. The molecular formula is C28H28O5. The van der Waals surface area contributed by atoms with Crippen molar-refractivity contribution < 1.29 is 23.7 Å². The van der Waals surface area contributed by atoms with Gasteiger partial charge in [-0.3, -0.25) is 0 Å². The molecule has 3 aromatic carbocycles. The summed E-state index contributed by atoms with van der Waals surface area (Å²) in [5.74, 6) is -0.440. The molecule has 170 valence electrons. The Hall–Kier alpha value is -3.25. The lowest BCUT2D eigenvalue weighted by molar-refractivity contribution is -0.134. The van der Waals surface area contributed by atoms with Gasteiger partial charge in [0.2, 0.25) is 0 Å². The van der Waals surface area contributed by atoms with E-state index in [1.54, 1.807) is 6.08 Å². The van der Waals surface area contributed by atoms with Crippen LogP contribution >= 0.6 is 0 Å². The fourth-order valence-electron chi connectivity index (χ4n) is 3.90. The van der Waals surface area contributed by atoms with Gasteiger partial charge >= 0.3 is 5.97 Å². The highest BCUT2D eigenvalue weighted by atomic mass is 16.6. The van der Waals surface area contributed by atoms with Crippen LogP contribution in [0, 0.1) is 0 Å². The van der Waals surface area contributed by atoms with Crippen molar-refractivity contribution in [1.82, 2.24) is 0 Å². The molecule has 1 fully saturated rings. The summed E-state index contributed by atoms with van der Waals surface area (Å²) in [5.41, 5.74) is 3.12. The van der Waals surface area contributed by atoms with Gasteiger partial charge in [0.05, 0.1) is 20.3 Å². The lowest BCUT2D eigenvalue weighted by atomic mass is 10.0. The molecule has 1 aliphatic rings. The Labute approximate surface area is 194 Å². The highest BCUT2D eigenvalue weighted by Gasteiger charge is 2.46. The predicted molar refractivity (Wildman–Crippen MR) is 125 cm³/mol. The molecule has 5 nitrogen and oxygen atoms in total. The van der Waals surface area contributed by atoms with E-state index < -0.39 is 18.2 Å². The molecule has 0 spiro atoms. The second-order valence-corrected chi connectivity index (χ2v) is 7.84. The van der Waals surface area contributed by atoms with E-state index in [9.17, 15) is 4.79 Å². The third-order valence-electron chi connectivity index (χ3n) is 5.57. The number of rotatable bonds is 9. The molecule has 0 aliphatic carbocycles. The van der Waals surface area contributed by atoms with Crippen LogP contribution in [0.25, 0.3) is 0 Å². The van der Waals surface area contributed by atoms with Crippen molar-refractivity contribution in [1.29, 1.82) is 0 Å². The zero-order valence-electron chi connectivity index (χ0n) is 18.6. The fourth-order valence-corrected chi connectivity index (χ4v) is 3.90. The first-order valence-electron chi connectivity index (χ1n) is 11.0. The topological polar surface area (TPSA) is 54.0 Å². The van der Waals surface area contributed by atoms with E-state index in [4.69, 9.17) is 18.9 Å². The minimum Gasteiger partial charge on any atom is -0.466 e. The maximum atomic E-state index is 11.8. The van der Waals surface area contributed by atoms with Crippen LogP contribution in [0.15, 0.2) is 103 Å². The van der Waals surface area contributed by atoms with Crippen LogP contribution in [0.1, 0.15) is 22.8 Å². The third kappa shape index (κ3) is 6.17. The van der Waals surface area contributed by atoms with Crippen LogP contribution in [0.2, 0.25) is 0 Å². The first-order chi connectivity index (χ1) is 16.2. The molecule has 1 aliphatic heterocycles. The van der Waals surface area contributed by atoms with Gasteiger partial charge in [-0.05, 0) is 22.8 Å². The quantitative estimate of drug-likeness (QED) is 0.342. The molecule has 0 unspecified atom stereocenters. The maximum Gasteiger partial charge on any atom is 0.330 e. The van der Waals surface area contributed by atoms with Crippen molar-refractivity contribution in [2.24, 2.45) is 0 Å². The molecule has 0 saturated carbocycles. The Morgan fingerprint density at radius 1 is 0.788 bits per heavy atom. The summed E-state index contributed by atoms with van der Waals surface area (Å²) < 4.78 is 24.0. The number of hydrogen-bond acceptors (Lipinski definition) is 5. The summed E-state index contributed by atoms with van der Waals surface area (Å²) in [4.78, 5) is 11.8. The minimum atomic E-state index is -0.473. The smallest absolute Gasteiger partial charge is 0.330 e. The maximum absolute atomic E-state index is 11.8. The van der Waals surface area contributed by atoms with Gasteiger partial charge in [-0.2, -0.15) is 0 Å². The number of carbonyl (C=O) groups is 1. The fraction of sp³-hybridized carbons (Fsp3) is 0.250. The van der Waals surface area contributed by atoms with Gasteiger partial charge in [0.15, 0.2) is 0 Å². The number of hydrogen-bond donors (Lipinski definition) is 0. The molecule has 0 bridgehead atoms. The predicted octanol–water partition coefficient (Wildman–Crippen LogP) is 5.03. The lowest BCUT2D eigenvalue weighted by Gasteiger charge is -2.25. The van der Waals surface area contributed by atoms with Gasteiger partial charge in [0, 0.05) is 6.08 Å². The standard InChI is InChI=1S/C28H28O5/c1-30-25(29)18-17-24-27(31-19-21-11-5-2-6-12-21)28(32-20-22-13-7-3-8-14-22)26(33-24)23-15-9-4-10-16-23/h2-18,24,26-28H,19-20H2,1H3/b18-17+/t24-,26+,27+,28+/m1/s1. The molecule has 4 rings (SSSR count). The zero-order chi connectivity index (χ0) is 22.9. The van der Waals surface area contributed by atoms with E-state index in [1.165, 1.54) is 13.2 Å². The van der Waals surface area contributed by atoms with Gasteiger partial charge in [-0.1, -0.05) is 91.0 Å². The first-order valence-corrected chi connectivity index (χ1v) is 11.0. The number of ether oxygens (including phenoxy) is 4. The van der Waals surface area contributed by atoms with Crippen molar-refractivity contribution in [3.63, 3.8) is 0 Å². The van der Waals surface area contributed by atoms with E-state index in [2.05, 4.69) is 0 Å². The zero-order valence-corrected chi connectivity index (χ0v) is 18.6. The van der Waals surface area contributed by atoms with E-state index in [-0.39, 0.29) is 12.2 Å². The highest BCUT2D eigenvalue weighted by Crippen LogP contribution is 2.38. The van der Waals surface area contributed by atoms with Gasteiger partial charge < -0.3 is 18.9 Å². The van der Waals surface area contributed by atoms with Crippen molar-refractivity contribution in [2.75, 3.05) is 7.11 Å². The molecule has 0 radical (unpaired) electrons. The molecule has 0 aromatic heterocycles. The van der Waals surface area contributed by atoms with Crippen LogP contribution in [0.3, 0.4) is 0 Å². The van der Waals surface area contributed by atoms with Gasteiger partial charge in [-0.15, -0.1) is 0 Å². The van der Waals surface area contributed by atoms with Crippen LogP contribution in [0.5, 0.6) is 0 Å². The summed E-state index contributed by atoms with van der Waals surface area (Å²) >= 11 is 0. The Morgan fingerprint density at radius 3 is 1.85 bits per heavy atom. The molecular weight excluding hydrogens is 416 g/mol. The van der Waals surface area contributed by atoms with E-state index >= 15 is 0 Å². The Kier molecular flexibility index (Phi) is 8.04. The van der Waals surface area contributed by atoms with Gasteiger partial charge in [-0.25, -0.2) is 4.79 Å². The summed E-state index contributed by atoms with van der Waals surface area (Å²) in [5, 5.41) is 0.